The SMILES string of the molecule is CC(C)(C)NCc1ccc2ccn(CCCCCO)c2c1. The number of aliphatic hydroxyl groups is 1. The van der Waals surface area contributed by atoms with Gasteiger partial charge in [-0.1, -0.05) is 12.1 Å². The Morgan fingerprint density at radius 3 is 2.62 bits per heavy atom. The molecule has 0 bridgehead atoms. The van der Waals surface area contributed by atoms with Crippen molar-refractivity contribution in [1.82, 2.24) is 9.88 Å². The van der Waals surface area contributed by atoms with Crippen LogP contribution < -0.4 is 5.32 Å². The molecule has 0 fully saturated rings. The van der Waals surface area contributed by atoms with Crippen LogP contribution in [0, 0.1) is 0 Å². The van der Waals surface area contributed by atoms with Crippen LogP contribution in [0.1, 0.15) is 45.6 Å². The molecule has 116 valence electrons. The van der Waals surface area contributed by atoms with E-state index < -0.39 is 0 Å². The molecule has 2 aromatic rings. The van der Waals surface area contributed by atoms with Crippen LogP contribution in [0.25, 0.3) is 10.9 Å². The number of hydrogen-bond acceptors (Lipinski definition) is 2. The Bertz CT molecular complexity index is 566. The van der Waals surface area contributed by atoms with Gasteiger partial charge in [0.05, 0.1) is 0 Å². The lowest BCUT2D eigenvalue weighted by Gasteiger charge is -2.20. The quantitative estimate of drug-likeness (QED) is 0.762. The summed E-state index contributed by atoms with van der Waals surface area (Å²) in [7, 11) is 0. The molecule has 0 saturated carbocycles. The molecule has 0 spiro atoms. The van der Waals surface area contributed by atoms with Crippen LogP contribution in [0.3, 0.4) is 0 Å². The molecule has 0 amide bonds. The Balaban J connectivity index is 2.05. The van der Waals surface area contributed by atoms with E-state index in [0.29, 0.717) is 6.61 Å². The van der Waals surface area contributed by atoms with E-state index in [0.717, 1.165) is 32.4 Å². The van der Waals surface area contributed by atoms with Crippen molar-refractivity contribution in [2.45, 2.75) is 58.7 Å². The van der Waals surface area contributed by atoms with E-state index in [1.54, 1.807) is 0 Å². The average Bonchev–Trinajstić information content (AvgIpc) is 2.83. The highest BCUT2D eigenvalue weighted by atomic mass is 16.2. The summed E-state index contributed by atoms with van der Waals surface area (Å²) >= 11 is 0. The third kappa shape index (κ3) is 4.87. The number of nitrogens with one attached hydrogen (secondary N) is 1. The number of aryl methyl sites for hydroxylation is 1. The molecule has 3 nitrogen and oxygen atoms in total. The van der Waals surface area contributed by atoms with Crippen LogP contribution >= 0.6 is 0 Å². The highest BCUT2D eigenvalue weighted by molar-refractivity contribution is 5.80. The van der Waals surface area contributed by atoms with Crippen molar-refractivity contribution in [2.75, 3.05) is 6.61 Å². The van der Waals surface area contributed by atoms with Gasteiger partial charge in [-0.2, -0.15) is 0 Å². The Kier molecular flexibility index (Phi) is 5.43. The number of nitrogens with zero attached hydrogens (tertiary/aromatic N) is 1. The molecule has 21 heavy (non-hydrogen) atoms. The third-order valence-corrected chi connectivity index (χ3v) is 3.72. The molecule has 0 radical (unpaired) electrons. The number of aliphatic hydroxyl groups excluding tert-OH is 1. The van der Waals surface area contributed by atoms with Gasteiger partial charge >= 0.3 is 0 Å². The normalized spacial score (nSPS) is 12.2. The van der Waals surface area contributed by atoms with E-state index in [1.165, 1.54) is 16.5 Å². The summed E-state index contributed by atoms with van der Waals surface area (Å²) in [6.45, 7) is 8.80. The molecule has 3 heteroatoms. The van der Waals surface area contributed by atoms with Crippen LogP contribution in [-0.4, -0.2) is 21.8 Å². The van der Waals surface area contributed by atoms with E-state index in [9.17, 15) is 0 Å². The second kappa shape index (κ2) is 7.10. The minimum Gasteiger partial charge on any atom is -0.396 e. The van der Waals surface area contributed by atoms with Gasteiger partial charge in [-0.15, -0.1) is 0 Å². The molecule has 0 atom stereocenters. The summed E-state index contributed by atoms with van der Waals surface area (Å²) in [5.74, 6) is 0. The molecule has 0 aliphatic carbocycles. The van der Waals surface area contributed by atoms with Gasteiger partial charge in [0.15, 0.2) is 0 Å². The van der Waals surface area contributed by atoms with E-state index in [-0.39, 0.29) is 5.54 Å². The molecule has 0 aliphatic rings. The first kappa shape index (κ1) is 16.1. The lowest BCUT2D eigenvalue weighted by Crippen LogP contribution is -2.35. The van der Waals surface area contributed by atoms with Crippen LogP contribution in [0.4, 0.5) is 0 Å². The Hall–Kier alpha value is -1.32. The van der Waals surface area contributed by atoms with E-state index in [1.807, 2.05) is 0 Å². The first-order valence-corrected chi connectivity index (χ1v) is 7.93. The number of hydrogen-bond donors (Lipinski definition) is 2. The molecule has 1 aromatic carbocycles. The third-order valence-electron chi connectivity index (χ3n) is 3.72. The maximum Gasteiger partial charge on any atom is 0.0483 e. The zero-order chi connectivity index (χ0) is 15.3. The Labute approximate surface area is 128 Å². The summed E-state index contributed by atoms with van der Waals surface area (Å²) in [5, 5.41) is 13.7. The van der Waals surface area contributed by atoms with E-state index in [2.05, 4.69) is 61.1 Å². The van der Waals surface area contributed by atoms with Gasteiger partial charge in [0.25, 0.3) is 0 Å². The van der Waals surface area contributed by atoms with Gasteiger partial charge in [-0.25, -0.2) is 0 Å². The van der Waals surface area contributed by atoms with Crippen LogP contribution in [0.2, 0.25) is 0 Å². The van der Waals surface area contributed by atoms with Crippen molar-refractivity contribution in [3.8, 4) is 0 Å². The van der Waals surface area contributed by atoms with Gasteiger partial charge in [-0.05, 0) is 63.1 Å². The van der Waals surface area contributed by atoms with Crippen LogP contribution in [-0.2, 0) is 13.1 Å². The second-order valence-corrected chi connectivity index (χ2v) is 6.79. The van der Waals surface area contributed by atoms with Crippen molar-refractivity contribution in [3.05, 3.63) is 36.0 Å². The van der Waals surface area contributed by atoms with Gasteiger partial charge in [0.2, 0.25) is 0 Å². The predicted molar refractivity (Wildman–Crippen MR) is 89.5 cm³/mol. The minimum atomic E-state index is 0.140. The Morgan fingerprint density at radius 2 is 1.90 bits per heavy atom. The van der Waals surface area contributed by atoms with Crippen LogP contribution in [0.15, 0.2) is 30.5 Å². The average molecular weight is 288 g/mol. The second-order valence-electron chi connectivity index (χ2n) is 6.79. The summed E-state index contributed by atoms with van der Waals surface area (Å²) in [6, 6.07) is 8.89. The topological polar surface area (TPSA) is 37.2 Å². The number of aromatic nitrogens is 1. The molecule has 0 aliphatic heterocycles. The number of rotatable bonds is 7. The van der Waals surface area contributed by atoms with Gasteiger partial charge in [0.1, 0.15) is 0 Å². The molecule has 0 saturated heterocycles. The highest BCUT2D eigenvalue weighted by Gasteiger charge is 2.09. The highest BCUT2D eigenvalue weighted by Crippen LogP contribution is 2.19. The molecule has 1 heterocycles. The lowest BCUT2D eigenvalue weighted by atomic mass is 10.1. The molecular weight excluding hydrogens is 260 g/mol. The number of fused-ring (bicyclic) bond motifs is 1. The van der Waals surface area contributed by atoms with Crippen LogP contribution in [0.5, 0.6) is 0 Å². The zero-order valence-electron chi connectivity index (χ0n) is 13.5. The molecular formula is C18H28N2O. The lowest BCUT2D eigenvalue weighted by molar-refractivity contribution is 0.282. The first-order chi connectivity index (χ1) is 9.99. The van der Waals surface area contributed by atoms with Crippen molar-refractivity contribution >= 4 is 10.9 Å². The van der Waals surface area contributed by atoms with Crippen molar-refractivity contribution in [2.24, 2.45) is 0 Å². The fourth-order valence-corrected chi connectivity index (χ4v) is 2.47. The summed E-state index contributed by atoms with van der Waals surface area (Å²) in [4.78, 5) is 0. The monoisotopic (exact) mass is 288 g/mol. The zero-order valence-corrected chi connectivity index (χ0v) is 13.5. The standard InChI is InChI=1S/C18H28N2O/c1-18(2,3)19-14-15-7-8-16-9-11-20(17(16)13-15)10-5-4-6-12-21/h7-9,11,13,19,21H,4-6,10,12,14H2,1-3H3. The molecule has 1 aromatic heterocycles. The molecule has 0 unspecified atom stereocenters. The first-order valence-electron chi connectivity index (χ1n) is 7.93. The van der Waals surface area contributed by atoms with Gasteiger partial charge in [-0.3, -0.25) is 0 Å². The van der Waals surface area contributed by atoms with Gasteiger partial charge < -0.3 is 15.0 Å². The van der Waals surface area contributed by atoms with Crippen molar-refractivity contribution in [1.29, 1.82) is 0 Å². The largest absolute Gasteiger partial charge is 0.396 e. The van der Waals surface area contributed by atoms with Crippen molar-refractivity contribution in [3.63, 3.8) is 0 Å². The number of unbranched alkanes of at least 4 members (excludes halogenated alkanes) is 2. The fourth-order valence-electron chi connectivity index (χ4n) is 2.47. The summed E-state index contributed by atoms with van der Waals surface area (Å²) < 4.78 is 2.33. The Morgan fingerprint density at radius 1 is 1.10 bits per heavy atom. The maximum atomic E-state index is 8.84. The maximum absolute atomic E-state index is 8.84. The molecule has 2 N–H and O–H groups in total. The predicted octanol–water partition coefficient (Wildman–Crippen LogP) is 3.69. The smallest absolute Gasteiger partial charge is 0.0483 e. The fraction of sp³-hybridized carbons (Fsp3) is 0.556. The molecule has 2 rings (SSSR count). The van der Waals surface area contributed by atoms with E-state index >= 15 is 0 Å². The van der Waals surface area contributed by atoms with Gasteiger partial charge in [0, 0.05) is 36.9 Å². The number of benzene rings is 1. The van der Waals surface area contributed by atoms with Crippen molar-refractivity contribution < 1.29 is 5.11 Å². The minimum absolute atomic E-state index is 0.140. The summed E-state index contributed by atoms with van der Waals surface area (Å²) in [5.41, 5.74) is 2.78. The van der Waals surface area contributed by atoms with E-state index in [4.69, 9.17) is 5.11 Å². The summed E-state index contributed by atoms with van der Waals surface area (Å²) in [6.07, 6.45) is 5.28.